The molecule has 3 rings (SSSR count). The molecule has 92 valence electrons. The van der Waals surface area contributed by atoms with Gasteiger partial charge in [0.05, 0.1) is 18.9 Å². The Morgan fingerprint density at radius 2 is 2.12 bits per heavy atom. The molecule has 0 amide bonds. The van der Waals surface area contributed by atoms with E-state index in [1.54, 1.807) is 0 Å². The molecule has 0 aliphatic carbocycles. The van der Waals surface area contributed by atoms with Crippen LogP contribution in [0.1, 0.15) is 23.5 Å². The normalized spacial score (nSPS) is 20.2. The highest BCUT2D eigenvalue weighted by atomic mass is 16.5. The molecule has 0 atom stereocenters. The third-order valence-corrected chi connectivity index (χ3v) is 3.31. The summed E-state index contributed by atoms with van der Waals surface area (Å²) in [5, 5.41) is 3.41. The number of aromatic nitrogens is 2. The first kappa shape index (κ1) is 10.9. The van der Waals surface area contributed by atoms with Gasteiger partial charge < -0.3 is 15.0 Å². The molecule has 0 aromatic carbocycles. The summed E-state index contributed by atoms with van der Waals surface area (Å²) in [6.45, 7) is 7.46. The van der Waals surface area contributed by atoms with Crippen LogP contribution in [0.3, 0.4) is 0 Å². The summed E-state index contributed by atoms with van der Waals surface area (Å²) in [6.07, 6.45) is 1.17. The van der Waals surface area contributed by atoms with Gasteiger partial charge in [-0.2, -0.15) is 0 Å². The summed E-state index contributed by atoms with van der Waals surface area (Å²) in [4.78, 5) is 11.4. The van der Waals surface area contributed by atoms with Gasteiger partial charge in [-0.05, 0) is 19.9 Å². The highest BCUT2D eigenvalue weighted by molar-refractivity contribution is 5.50. The average Bonchev–Trinajstić information content (AvgIpc) is 2.62. The van der Waals surface area contributed by atoms with Crippen LogP contribution in [0.25, 0.3) is 0 Å². The molecule has 3 heterocycles. The van der Waals surface area contributed by atoms with Gasteiger partial charge in [0, 0.05) is 25.2 Å². The maximum atomic E-state index is 5.49. The van der Waals surface area contributed by atoms with Gasteiger partial charge in [-0.1, -0.05) is 0 Å². The number of anilines is 1. The Morgan fingerprint density at radius 1 is 1.18 bits per heavy atom. The summed E-state index contributed by atoms with van der Waals surface area (Å²) >= 11 is 0. The molecule has 1 aromatic heterocycles. The minimum absolute atomic E-state index is 0.637. The van der Waals surface area contributed by atoms with Gasteiger partial charge in [-0.3, -0.25) is 0 Å². The zero-order valence-corrected chi connectivity index (χ0v) is 10.2. The van der Waals surface area contributed by atoms with Gasteiger partial charge in [-0.25, -0.2) is 9.97 Å². The molecular formula is C12H18N4O. The first-order valence-electron chi connectivity index (χ1n) is 6.24. The number of nitrogens with one attached hydrogen (secondary N) is 1. The number of ether oxygens (including phenoxy) is 1. The monoisotopic (exact) mass is 234 g/mol. The van der Waals surface area contributed by atoms with Gasteiger partial charge in [0.2, 0.25) is 0 Å². The molecule has 1 saturated heterocycles. The topological polar surface area (TPSA) is 50.3 Å². The van der Waals surface area contributed by atoms with Crippen LogP contribution in [0, 0.1) is 6.92 Å². The lowest BCUT2D eigenvalue weighted by atomic mass is 10.2. The van der Waals surface area contributed by atoms with Crippen molar-refractivity contribution < 1.29 is 4.74 Å². The Kier molecular flexibility index (Phi) is 2.94. The molecule has 1 fully saturated rings. The second-order valence-corrected chi connectivity index (χ2v) is 4.60. The summed E-state index contributed by atoms with van der Waals surface area (Å²) in [7, 11) is 0. The Hall–Kier alpha value is -1.20. The van der Waals surface area contributed by atoms with Gasteiger partial charge in [-0.15, -0.1) is 0 Å². The second-order valence-electron chi connectivity index (χ2n) is 4.60. The van der Waals surface area contributed by atoms with E-state index in [2.05, 4.69) is 20.2 Å². The lowest BCUT2D eigenvalue weighted by Crippen LogP contribution is -2.30. The van der Waals surface area contributed by atoms with E-state index < -0.39 is 0 Å². The van der Waals surface area contributed by atoms with Crippen LogP contribution in [0.4, 0.5) is 5.82 Å². The predicted octanol–water partition coefficient (Wildman–Crippen LogP) is 0.615. The predicted molar refractivity (Wildman–Crippen MR) is 65.0 cm³/mol. The number of nitrogens with zero attached hydrogens (tertiary/aromatic N) is 3. The van der Waals surface area contributed by atoms with Crippen molar-refractivity contribution in [3.63, 3.8) is 0 Å². The lowest BCUT2D eigenvalue weighted by Gasteiger charge is -2.23. The minimum atomic E-state index is 0.637. The second kappa shape index (κ2) is 4.58. The number of aryl methyl sites for hydroxylation is 1. The Balaban J connectivity index is 1.95. The summed E-state index contributed by atoms with van der Waals surface area (Å²) < 4.78 is 5.49. The minimum Gasteiger partial charge on any atom is -0.370 e. The number of hydrogen-bond donors (Lipinski definition) is 1. The highest BCUT2D eigenvalue weighted by Gasteiger charge is 2.23. The van der Waals surface area contributed by atoms with Gasteiger partial charge in [0.15, 0.2) is 0 Å². The molecular weight excluding hydrogens is 216 g/mol. The average molecular weight is 234 g/mol. The molecule has 0 bridgehead atoms. The van der Waals surface area contributed by atoms with Crippen molar-refractivity contribution >= 4 is 5.82 Å². The Morgan fingerprint density at radius 3 is 3.06 bits per heavy atom. The van der Waals surface area contributed by atoms with E-state index in [9.17, 15) is 0 Å². The summed E-state index contributed by atoms with van der Waals surface area (Å²) in [5.41, 5.74) is 2.27. The van der Waals surface area contributed by atoms with Gasteiger partial charge in [0.1, 0.15) is 11.6 Å². The van der Waals surface area contributed by atoms with Gasteiger partial charge in [0.25, 0.3) is 0 Å². The molecule has 1 N–H and O–H groups in total. The third kappa shape index (κ3) is 2.12. The van der Waals surface area contributed by atoms with E-state index in [4.69, 9.17) is 4.74 Å². The van der Waals surface area contributed by atoms with E-state index in [0.29, 0.717) is 13.2 Å². The Bertz CT molecular complexity index is 413. The van der Waals surface area contributed by atoms with E-state index in [-0.39, 0.29) is 0 Å². The Labute approximate surface area is 101 Å². The molecule has 0 saturated carbocycles. The van der Waals surface area contributed by atoms with Crippen molar-refractivity contribution in [3.8, 4) is 0 Å². The maximum absolute atomic E-state index is 5.49. The SMILES string of the molecule is Cc1nc2c(c(N3CCCNCC3)n1)COC2. The van der Waals surface area contributed by atoms with E-state index >= 15 is 0 Å². The smallest absolute Gasteiger partial charge is 0.138 e. The van der Waals surface area contributed by atoms with Crippen molar-refractivity contribution in [1.82, 2.24) is 15.3 Å². The van der Waals surface area contributed by atoms with Gasteiger partial charge >= 0.3 is 0 Å². The van der Waals surface area contributed by atoms with Crippen LogP contribution >= 0.6 is 0 Å². The van der Waals surface area contributed by atoms with Crippen molar-refractivity contribution in [1.29, 1.82) is 0 Å². The fraction of sp³-hybridized carbons (Fsp3) is 0.667. The molecule has 17 heavy (non-hydrogen) atoms. The fourth-order valence-electron chi connectivity index (χ4n) is 2.47. The van der Waals surface area contributed by atoms with Crippen LogP contribution in [-0.2, 0) is 18.0 Å². The molecule has 1 aromatic rings. The van der Waals surface area contributed by atoms with E-state index in [0.717, 1.165) is 43.5 Å². The van der Waals surface area contributed by atoms with Crippen LogP contribution in [0.5, 0.6) is 0 Å². The number of fused-ring (bicyclic) bond motifs is 1. The molecule has 5 heteroatoms. The highest BCUT2D eigenvalue weighted by Crippen LogP contribution is 2.27. The largest absolute Gasteiger partial charge is 0.370 e. The lowest BCUT2D eigenvalue weighted by molar-refractivity contribution is 0.133. The van der Waals surface area contributed by atoms with E-state index in [1.165, 1.54) is 12.0 Å². The van der Waals surface area contributed by atoms with E-state index in [1.807, 2.05) is 6.92 Å². The quantitative estimate of drug-likeness (QED) is 0.771. The van der Waals surface area contributed by atoms with Crippen LogP contribution in [-0.4, -0.2) is 36.1 Å². The van der Waals surface area contributed by atoms with Crippen molar-refractivity contribution in [2.75, 3.05) is 31.1 Å². The number of hydrogen-bond acceptors (Lipinski definition) is 5. The van der Waals surface area contributed by atoms with Crippen molar-refractivity contribution in [2.24, 2.45) is 0 Å². The van der Waals surface area contributed by atoms with Crippen molar-refractivity contribution in [2.45, 2.75) is 26.6 Å². The first-order chi connectivity index (χ1) is 8.34. The van der Waals surface area contributed by atoms with Crippen LogP contribution in [0.2, 0.25) is 0 Å². The molecule has 0 spiro atoms. The number of rotatable bonds is 1. The summed E-state index contributed by atoms with van der Waals surface area (Å²) in [5.74, 6) is 1.94. The molecule has 2 aliphatic rings. The van der Waals surface area contributed by atoms with Crippen molar-refractivity contribution in [3.05, 3.63) is 17.1 Å². The van der Waals surface area contributed by atoms with Crippen LogP contribution < -0.4 is 10.2 Å². The zero-order chi connectivity index (χ0) is 11.7. The zero-order valence-electron chi connectivity index (χ0n) is 10.2. The fourth-order valence-corrected chi connectivity index (χ4v) is 2.47. The standard InChI is InChI=1S/C12H18N4O/c1-9-14-11-8-17-7-10(11)12(15-9)16-5-2-3-13-4-6-16/h13H,2-8H2,1H3. The molecule has 2 aliphatic heterocycles. The molecule has 0 unspecified atom stereocenters. The first-order valence-corrected chi connectivity index (χ1v) is 6.24. The maximum Gasteiger partial charge on any atom is 0.138 e. The third-order valence-electron chi connectivity index (χ3n) is 3.31. The molecule has 0 radical (unpaired) electrons. The summed E-state index contributed by atoms with van der Waals surface area (Å²) in [6, 6.07) is 0. The van der Waals surface area contributed by atoms with Crippen LogP contribution in [0.15, 0.2) is 0 Å². The molecule has 5 nitrogen and oxygen atoms in total.